The Hall–Kier alpha value is -1.33. The highest BCUT2D eigenvalue weighted by atomic mass is 79.9. The van der Waals surface area contributed by atoms with E-state index in [1.54, 1.807) is 18.2 Å². The molecule has 0 radical (unpaired) electrons. The third kappa shape index (κ3) is 4.58. The fourth-order valence-corrected chi connectivity index (χ4v) is 2.39. The summed E-state index contributed by atoms with van der Waals surface area (Å²) in [7, 11) is 0. The standard InChI is InChI=1S/C15H13BrClF2NO/c1-9-2-4-12(7-13(9)17)20-8-10-6-11(16)3-5-14(10)21-15(18)19/h2-7,15,20H,8H2,1H3. The minimum Gasteiger partial charge on any atom is -0.434 e. The van der Waals surface area contributed by atoms with Crippen LogP contribution in [0.1, 0.15) is 11.1 Å². The van der Waals surface area contributed by atoms with Gasteiger partial charge in [0.15, 0.2) is 0 Å². The number of hydrogen-bond acceptors (Lipinski definition) is 2. The SMILES string of the molecule is Cc1ccc(NCc2cc(Br)ccc2OC(F)F)cc1Cl. The van der Waals surface area contributed by atoms with Crippen LogP contribution in [0, 0.1) is 6.92 Å². The van der Waals surface area contributed by atoms with Crippen LogP contribution in [0.5, 0.6) is 5.75 Å². The van der Waals surface area contributed by atoms with Gasteiger partial charge in [-0.05, 0) is 42.8 Å². The molecule has 0 heterocycles. The Morgan fingerprint density at radius 2 is 2.00 bits per heavy atom. The molecule has 0 saturated carbocycles. The van der Waals surface area contributed by atoms with Gasteiger partial charge in [-0.1, -0.05) is 33.6 Å². The molecule has 112 valence electrons. The molecule has 0 unspecified atom stereocenters. The first-order valence-corrected chi connectivity index (χ1v) is 7.36. The number of anilines is 1. The number of halogens is 4. The average Bonchev–Trinajstić information content (AvgIpc) is 2.42. The van der Waals surface area contributed by atoms with E-state index in [1.165, 1.54) is 6.07 Å². The van der Waals surface area contributed by atoms with Crippen LogP contribution < -0.4 is 10.1 Å². The van der Waals surface area contributed by atoms with Crippen LogP contribution in [-0.2, 0) is 6.54 Å². The van der Waals surface area contributed by atoms with Crippen molar-refractivity contribution in [2.45, 2.75) is 20.1 Å². The largest absolute Gasteiger partial charge is 0.434 e. The van der Waals surface area contributed by atoms with Crippen molar-refractivity contribution < 1.29 is 13.5 Å². The summed E-state index contributed by atoms with van der Waals surface area (Å²) >= 11 is 9.37. The number of alkyl halides is 2. The molecule has 2 aromatic carbocycles. The normalized spacial score (nSPS) is 10.8. The maximum absolute atomic E-state index is 12.4. The minimum atomic E-state index is -2.85. The molecule has 1 N–H and O–H groups in total. The molecule has 0 bridgehead atoms. The predicted molar refractivity (Wildman–Crippen MR) is 84.3 cm³/mol. The molecule has 0 spiro atoms. The van der Waals surface area contributed by atoms with E-state index in [0.717, 1.165) is 15.7 Å². The number of hydrogen-bond donors (Lipinski definition) is 1. The van der Waals surface area contributed by atoms with E-state index in [4.69, 9.17) is 11.6 Å². The molecule has 21 heavy (non-hydrogen) atoms. The number of benzene rings is 2. The van der Waals surface area contributed by atoms with Crippen molar-refractivity contribution in [3.63, 3.8) is 0 Å². The lowest BCUT2D eigenvalue weighted by atomic mass is 10.2. The molecular formula is C15H13BrClF2NO. The van der Waals surface area contributed by atoms with Crippen molar-refractivity contribution in [3.8, 4) is 5.75 Å². The fraction of sp³-hybridized carbons (Fsp3) is 0.200. The molecule has 2 rings (SSSR count). The second-order valence-corrected chi connectivity index (χ2v) is 5.77. The number of aryl methyl sites for hydroxylation is 1. The number of rotatable bonds is 5. The van der Waals surface area contributed by atoms with E-state index in [-0.39, 0.29) is 5.75 Å². The van der Waals surface area contributed by atoms with Gasteiger partial charge in [-0.15, -0.1) is 0 Å². The van der Waals surface area contributed by atoms with E-state index in [0.29, 0.717) is 17.1 Å². The molecule has 6 heteroatoms. The molecule has 0 amide bonds. The highest BCUT2D eigenvalue weighted by Crippen LogP contribution is 2.26. The molecule has 0 aliphatic carbocycles. The average molecular weight is 377 g/mol. The van der Waals surface area contributed by atoms with Crippen LogP contribution in [0.2, 0.25) is 5.02 Å². The molecule has 0 aromatic heterocycles. The second kappa shape index (κ2) is 7.09. The summed E-state index contributed by atoms with van der Waals surface area (Å²) in [6.07, 6.45) is 0. The van der Waals surface area contributed by atoms with Gasteiger partial charge in [0, 0.05) is 27.3 Å². The van der Waals surface area contributed by atoms with E-state index < -0.39 is 6.61 Å². The number of ether oxygens (including phenoxy) is 1. The van der Waals surface area contributed by atoms with Gasteiger partial charge in [-0.3, -0.25) is 0 Å². The lowest BCUT2D eigenvalue weighted by molar-refractivity contribution is -0.0504. The molecule has 2 aromatic rings. The Labute approximate surface area is 135 Å². The van der Waals surface area contributed by atoms with Crippen LogP contribution in [-0.4, -0.2) is 6.61 Å². The highest BCUT2D eigenvalue weighted by Gasteiger charge is 2.10. The lowest BCUT2D eigenvalue weighted by Gasteiger charge is -2.13. The summed E-state index contributed by atoms with van der Waals surface area (Å²) in [4.78, 5) is 0. The summed E-state index contributed by atoms with van der Waals surface area (Å²) in [5, 5.41) is 3.79. The van der Waals surface area contributed by atoms with Crippen molar-refractivity contribution in [3.05, 3.63) is 57.0 Å². The monoisotopic (exact) mass is 375 g/mol. The summed E-state index contributed by atoms with van der Waals surface area (Å²) in [5.74, 6) is 0.152. The van der Waals surface area contributed by atoms with Crippen LogP contribution >= 0.6 is 27.5 Å². The van der Waals surface area contributed by atoms with Gasteiger partial charge in [0.1, 0.15) is 5.75 Å². The molecular weight excluding hydrogens is 364 g/mol. The smallest absolute Gasteiger partial charge is 0.387 e. The van der Waals surface area contributed by atoms with Gasteiger partial charge in [-0.2, -0.15) is 8.78 Å². The van der Waals surface area contributed by atoms with Crippen molar-refractivity contribution >= 4 is 33.2 Å². The van der Waals surface area contributed by atoms with Crippen LogP contribution in [0.4, 0.5) is 14.5 Å². The zero-order valence-electron chi connectivity index (χ0n) is 11.2. The van der Waals surface area contributed by atoms with E-state index in [9.17, 15) is 8.78 Å². The third-order valence-corrected chi connectivity index (χ3v) is 3.79. The molecule has 0 atom stereocenters. The molecule has 0 aliphatic rings. The first kappa shape index (κ1) is 16.0. The minimum absolute atomic E-state index is 0.152. The van der Waals surface area contributed by atoms with E-state index in [1.807, 2.05) is 19.1 Å². The highest BCUT2D eigenvalue weighted by molar-refractivity contribution is 9.10. The Kier molecular flexibility index (Phi) is 5.42. The van der Waals surface area contributed by atoms with Gasteiger partial charge in [0.05, 0.1) is 0 Å². The first-order valence-electron chi connectivity index (χ1n) is 6.19. The Balaban J connectivity index is 2.14. The molecule has 0 fully saturated rings. The third-order valence-electron chi connectivity index (χ3n) is 2.89. The van der Waals surface area contributed by atoms with E-state index in [2.05, 4.69) is 26.0 Å². The van der Waals surface area contributed by atoms with Crippen molar-refractivity contribution in [2.24, 2.45) is 0 Å². The van der Waals surface area contributed by atoms with Gasteiger partial charge in [0.25, 0.3) is 0 Å². The van der Waals surface area contributed by atoms with Crippen molar-refractivity contribution in [1.82, 2.24) is 0 Å². The molecule has 0 saturated heterocycles. The quantitative estimate of drug-likeness (QED) is 0.731. The molecule has 0 aliphatic heterocycles. The Morgan fingerprint density at radius 3 is 2.67 bits per heavy atom. The van der Waals surface area contributed by atoms with Crippen molar-refractivity contribution in [1.29, 1.82) is 0 Å². The first-order chi connectivity index (χ1) is 9.95. The summed E-state index contributed by atoms with van der Waals surface area (Å²) in [6, 6.07) is 10.5. The van der Waals surface area contributed by atoms with Gasteiger partial charge in [0.2, 0.25) is 0 Å². The zero-order valence-corrected chi connectivity index (χ0v) is 13.5. The maximum Gasteiger partial charge on any atom is 0.387 e. The topological polar surface area (TPSA) is 21.3 Å². The zero-order chi connectivity index (χ0) is 15.4. The van der Waals surface area contributed by atoms with Crippen LogP contribution in [0.15, 0.2) is 40.9 Å². The Morgan fingerprint density at radius 1 is 1.24 bits per heavy atom. The van der Waals surface area contributed by atoms with E-state index >= 15 is 0 Å². The number of nitrogens with one attached hydrogen (secondary N) is 1. The Bertz CT molecular complexity index is 637. The van der Waals surface area contributed by atoms with Gasteiger partial charge >= 0.3 is 6.61 Å². The predicted octanol–water partition coefficient (Wildman–Crippen LogP) is 5.62. The maximum atomic E-state index is 12.4. The van der Waals surface area contributed by atoms with Gasteiger partial charge < -0.3 is 10.1 Å². The summed E-state index contributed by atoms with van der Waals surface area (Å²) < 4.78 is 30.1. The molecule has 2 nitrogen and oxygen atoms in total. The van der Waals surface area contributed by atoms with Crippen LogP contribution in [0.3, 0.4) is 0 Å². The van der Waals surface area contributed by atoms with Crippen LogP contribution in [0.25, 0.3) is 0 Å². The van der Waals surface area contributed by atoms with Gasteiger partial charge in [-0.25, -0.2) is 0 Å². The lowest BCUT2D eigenvalue weighted by Crippen LogP contribution is -2.07. The van der Waals surface area contributed by atoms with Crippen molar-refractivity contribution in [2.75, 3.05) is 5.32 Å². The fourth-order valence-electron chi connectivity index (χ4n) is 1.80. The summed E-state index contributed by atoms with van der Waals surface area (Å²) in [6.45, 7) is -0.589. The summed E-state index contributed by atoms with van der Waals surface area (Å²) in [5.41, 5.74) is 2.42. The second-order valence-electron chi connectivity index (χ2n) is 4.45.